The summed E-state index contributed by atoms with van der Waals surface area (Å²) in [6.07, 6.45) is -0.659. The zero-order valence-electron chi connectivity index (χ0n) is 8.66. The number of hydrogen-bond donors (Lipinski definition) is 1. The van der Waals surface area contributed by atoms with Crippen LogP contribution in [0.2, 0.25) is 0 Å². The van der Waals surface area contributed by atoms with Crippen molar-refractivity contribution in [1.82, 2.24) is 0 Å². The van der Waals surface area contributed by atoms with E-state index in [1.165, 1.54) is 19.1 Å². The number of aliphatic hydroxyl groups excluding tert-OH is 1. The quantitative estimate of drug-likeness (QED) is 0.774. The predicted octanol–water partition coefficient (Wildman–Crippen LogP) is 1.79. The lowest BCUT2D eigenvalue weighted by Gasteiger charge is -2.11. The molecule has 0 spiro atoms. The second-order valence-electron chi connectivity index (χ2n) is 3.36. The maximum Gasteiger partial charge on any atom is 0.163 e. The first-order chi connectivity index (χ1) is 7.00. The lowest BCUT2D eigenvalue weighted by molar-refractivity contribution is 0.0995. The van der Waals surface area contributed by atoms with E-state index in [1.54, 1.807) is 6.92 Å². The van der Waals surface area contributed by atoms with Crippen molar-refractivity contribution in [2.75, 3.05) is 6.61 Å². The lowest BCUT2D eigenvalue weighted by atomic mass is 10.1. The first-order valence-electron chi connectivity index (χ1n) is 4.62. The van der Waals surface area contributed by atoms with E-state index in [0.717, 1.165) is 6.07 Å². The standard InChI is InChI=1S/C11H13FO3/c1-7(13)6-15-11-5-9(12)3-4-10(11)8(2)14/h3-5,7,13H,6H2,1-2H3. The summed E-state index contributed by atoms with van der Waals surface area (Å²) in [7, 11) is 0. The number of aliphatic hydroxyl groups is 1. The van der Waals surface area contributed by atoms with E-state index in [4.69, 9.17) is 9.84 Å². The molecule has 0 heterocycles. The van der Waals surface area contributed by atoms with Gasteiger partial charge in [-0.2, -0.15) is 0 Å². The van der Waals surface area contributed by atoms with Crippen molar-refractivity contribution in [2.24, 2.45) is 0 Å². The summed E-state index contributed by atoms with van der Waals surface area (Å²) < 4.78 is 18.0. The van der Waals surface area contributed by atoms with Crippen molar-refractivity contribution in [2.45, 2.75) is 20.0 Å². The summed E-state index contributed by atoms with van der Waals surface area (Å²) in [4.78, 5) is 11.2. The highest BCUT2D eigenvalue weighted by Crippen LogP contribution is 2.20. The molecule has 1 rings (SSSR count). The van der Waals surface area contributed by atoms with Gasteiger partial charge in [0.1, 0.15) is 18.2 Å². The molecule has 0 bridgehead atoms. The van der Waals surface area contributed by atoms with Gasteiger partial charge in [-0.05, 0) is 26.0 Å². The molecule has 1 aromatic rings. The smallest absolute Gasteiger partial charge is 0.163 e. The van der Waals surface area contributed by atoms with Crippen LogP contribution in [0.1, 0.15) is 24.2 Å². The fraction of sp³-hybridized carbons (Fsp3) is 0.364. The average molecular weight is 212 g/mol. The van der Waals surface area contributed by atoms with Crippen molar-refractivity contribution in [3.05, 3.63) is 29.6 Å². The molecule has 0 aliphatic carbocycles. The summed E-state index contributed by atoms with van der Waals surface area (Å²) in [5.41, 5.74) is 0.317. The first kappa shape index (κ1) is 11.7. The van der Waals surface area contributed by atoms with Gasteiger partial charge < -0.3 is 9.84 Å². The summed E-state index contributed by atoms with van der Waals surface area (Å²) >= 11 is 0. The van der Waals surface area contributed by atoms with Crippen LogP contribution in [0.25, 0.3) is 0 Å². The Labute approximate surface area is 87.5 Å². The highest BCUT2D eigenvalue weighted by Gasteiger charge is 2.10. The molecule has 0 fully saturated rings. The van der Waals surface area contributed by atoms with E-state index in [9.17, 15) is 9.18 Å². The maximum atomic E-state index is 12.9. The van der Waals surface area contributed by atoms with Gasteiger partial charge in [0.15, 0.2) is 5.78 Å². The van der Waals surface area contributed by atoms with Crippen molar-refractivity contribution in [3.8, 4) is 5.75 Å². The summed E-state index contributed by atoms with van der Waals surface area (Å²) in [6, 6.07) is 3.71. The van der Waals surface area contributed by atoms with E-state index >= 15 is 0 Å². The molecular weight excluding hydrogens is 199 g/mol. The Kier molecular flexibility index (Phi) is 3.80. The van der Waals surface area contributed by atoms with Gasteiger partial charge >= 0.3 is 0 Å². The number of ether oxygens (including phenoxy) is 1. The van der Waals surface area contributed by atoms with Crippen molar-refractivity contribution < 1.29 is 19.0 Å². The SMILES string of the molecule is CC(=O)c1ccc(F)cc1OCC(C)O. The van der Waals surface area contributed by atoms with E-state index in [1.807, 2.05) is 0 Å². The highest BCUT2D eigenvalue weighted by molar-refractivity contribution is 5.96. The summed E-state index contributed by atoms with van der Waals surface area (Å²) in [5, 5.41) is 9.01. The van der Waals surface area contributed by atoms with E-state index in [-0.39, 0.29) is 18.1 Å². The molecule has 1 atom stereocenters. The van der Waals surface area contributed by atoms with Crippen LogP contribution in [0.15, 0.2) is 18.2 Å². The van der Waals surface area contributed by atoms with Crippen molar-refractivity contribution >= 4 is 5.78 Å². The topological polar surface area (TPSA) is 46.5 Å². The Bertz CT molecular complexity index is 361. The number of carbonyl (C=O) groups excluding carboxylic acids is 1. The minimum atomic E-state index is -0.659. The van der Waals surface area contributed by atoms with Crippen LogP contribution in [-0.4, -0.2) is 23.6 Å². The Morgan fingerprint density at radius 2 is 2.27 bits per heavy atom. The summed E-state index contributed by atoms with van der Waals surface area (Å²) in [6.45, 7) is 2.96. The molecule has 1 unspecified atom stereocenters. The number of carbonyl (C=O) groups is 1. The molecule has 1 N–H and O–H groups in total. The molecule has 0 saturated carbocycles. The zero-order chi connectivity index (χ0) is 11.4. The molecule has 82 valence electrons. The highest BCUT2D eigenvalue weighted by atomic mass is 19.1. The van der Waals surface area contributed by atoms with Crippen LogP contribution in [0.4, 0.5) is 4.39 Å². The Balaban J connectivity index is 2.92. The maximum absolute atomic E-state index is 12.9. The fourth-order valence-electron chi connectivity index (χ4n) is 1.12. The van der Waals surface area contributed by atoms with Gasteiger partial charge in [-0.1, -0.05) is 0 Å². The number of rotatable bonds is 4. The van der Waals surface area contributed by atoms with E-state index in [0.29, 0.717) is 5.56 Å². The Hall–Kier alpha value is -1.42. The molecule has 0 aliphatic rings. The molecule has 1 aromatic carbocycles. The normalized spacial score (nSPS) is 12.3. The van der Waals surface area contributed by atoms with E-state index < -0.39 is 11.9 Å². The van der Waals surface area contributed by atoms with Crippen LogP contribution in [-0.2, 0) is 0 Å². The van der Waals surface area contributed by atoms with Gasteiger partial charge in [-0.15, -0.1) is 0 Å². The second-order valence-corrected chi connectivity index (χ2v) is 3.36. The van der Waals surface area contributed by atoms with Gasteiger partial charge in [-0.3, -0.25) is 4.79 Å². The van der Waals surface area contributed by atoms with Crippen LogP contribution >= 0.6 is 0 Å². The minimum absolute atomic E-state index is 0.0315. The molecule has 0 amide bonds. The average Bonchev–Trinajstić information content (AvgIpc) is 2.14. The molecule has 0 aromatic heterocycles. The Morgan fingerprint density at radius 3 is 2.80 bits per heavy atom. The minimum Gasteiger partial charge on any atom is -0.490 e. The second kappa shape index (κ2) is 4.89. The third-order valence-electron chi connectivity index (χ3n) is 1.80. The number of benzene rings is 1. The number of ketones is 1. The molecule has 0 radical (unpaired) electrons. The molecular formula is C11H13FO3. The van der Waals surface area contributed by atoms with E-state index in [2.05, 4.69) is 0 Å². The first-order valence-corrected chi connectivity index (χ1v) is 4.62. The van der Waals surface area contributed by atoms with Crippen molar-refractivity contribution in [1.29, 1.82) is 0 Å². The number of halogens is 1. The van der Waals surface area contributed by atoms with Crippen LogP contribution < -0.4 is 4.74 Å². The van der Waals surface area contributed by atoms with Gasteiger partial charge in [-0.25, -0.2) is 4.39 Å². The molecule has 15 heavy (non-hydrogen) atoms. The fourth-order valence-corrected chi connectivity index (χ4v) is 1.12. The van der Waals surface area contributed by atoms with Crippen LogP contribution in [0.5, 0.6) is 5.75 Å². The van der Waals surface area contributed by atoms with Gasteiger partial charge in [0.05, 0.1) is 11.7 Å². The summed E-state index contributed by atoms with van der Waals surface area (Å²) in [5.74, 6) is -0.500. The number of Topliss-reactive ketones (excluding diaryl/α,β-unsaturated/α-hetero) is 1. The molecule has 4 heteroatoms. The van der Waals surface area contributed by atoms with Gasteiger partial charge in [0.25, 0.3) is 0 Å². The monoisotopic (exact) mass is 212 g/mol. The zero-order valence-corrected chi connectivity index (χ0v) is 8.66. The van der Waals surface area contributed by atoms with Crippen LogP contribution in [0.3, 0.4) is 0 Å². The third-order valence-corrected chi connectivity index (χ3v) is 1.80. The largest absolute Gasteiger partial charge is 0.490 e. The third kappa shape index (κ3) is 3.32. The Morgan fingerprint density at radius 1 is 1.60 bits per heavy atom. The molecule has 3 nitrogen and oxygen atoms in total. The van der Waals surface area contributed by atoms with Crippen LogP contribution in [0, 0.1) is 5.82 Å². The number of hydrogen-bond acceptors (Lipinski definition) is 3. The van der Waals surface area contributed by atoms with Gasteiger partial charge in [0.2, 0.25) is 0 Å². The lowest BCUT2D eigenvalue weighted by Crippen LogP contribution is -2.14. The molecule has 0 saturated heterocycles. The van der Waals surface area contributed by atoms with Crippen molar-refractivity contribution in [3.63, 3.8) is 0 Å². The molecule has 0 aliphatic heterocycles. The van der Waals surface area contributed by atoms with Gasteiger partial charge in [0, 0.05) is 6.07 Å². The predicted molar refractivity (Wildman–Crippen MR) is 53.6 cm³/mol.